The number of aliphatic hydroxyl groups excluding tert-OH is 1. The first-order chi connectivity index (χ1) is 18.2. The first kappa shape index (κ1) is 28.8. The second-order valence-electron chi connectivity index (χ2n) is 10.1. The van der Waals surface area contributed by atoms with Gasteiger partial charge < -0.3 is 24.4 Å². The minimum absolute atomic E-state index is 0.146. The fraction of sp³-hybridized carbons (Fsp3) is 0.536. The van der Waals surface area contributed by atoms with Crippen molar-refractivity contribution in [1.29, 1.82) is 0 Å². The van der Waals surface area contributed by atoms with Crippen molar-refractivity contribution in [3.05, 3.63) is 54.6 Å². The van der Waals surface area contributed by atoms with E-state index < -0.39 is 53.4 Å². The average Bonchev–Trinajstić information content (AvgIpc) is 3.50. The van der Waals surface area contributed by atoms with Gasteiger partial charge in [-0.1, -0.05) is 51.8 Å². The van der Waals surface area contributed by atoms with E-state index in [1.807, 2.05) is 6.08 Å². The molecule has 3 saturated heterocycles. The third kappa shape index (κ3) is 4.83. The second kappa shape index (κ2) is 11.9. The molecule has 206 valence electrons. The van der Waals surface area contributed by atoms with Crippen molar-refractivity contribution in [3.63, 3.8) is 0 Å². The summed E-state index contributed by atoms with van der Waals surface area (Å²) in [5.74, 6) is -3.07. The van der Waals surface area contributed by atoms with Crippen LogP contribution in [0.4, 0.5) is 5.69 Å². The first-order valence-electron chi connectivity index (χ1n) is 12.9. The molecule has 0 saturated carbocycles. The maximum Gasteiger partial charge on any atom is 0.312 e. The SMILES string of the molecule is C=CCCCCOC(=O)[C@H]1[C@H]2C(=O)N([C@H](C)CO)C(C(=O)N(CC=C)c3ccccc3Cl)C23CC(Br)[C@@H]1O3. The van der Waals surface area contributed by atoms with Gasteiger partial charge in [0.2, 0.25) is 5.91 Å². The van der Waals surface area contributed by atoms with Crippen LogP contribution in [0.15, 0.2) is 49.6 Å². The van der Waals surface area contributed by atoms with Crippen molar-refractivity contribution in [2.24, 2.45) is 11.8 Å². The smallest absolute Gasteiger partial charge is 0.312 e. The second-order valence-corrected chi connectivity index (χ2v) is 11.7. The molecule has 38 heavy (non-hydrogen) atoms. The summed E-state index contributed by atoms with van der Waals surface area (Å²) in [6.45, 7) is 9.19. The van der Waals surface area contributed by atoms with Crippen molar-refractivity contribution >= 4 is 51.0 Å². The van der Waals surface area contributed by atoms with Crippen LogP contribution in [-0.4, -0.2) is 76.2 Å². The highest BCUT2D eigenvalue weighted by Crippen LogP contribution is 2.60. The van der Waals surface area contributed by atoms with Crippen LogP contribution in [-0.2, 0) is 23.9 Å². The van der Waals surface area contributed by atoms with Gasteiger partial charge in [-0.15, -0.1) is 13.2 Å². The number of hydrogen-bond donors (Lipinski definition) is 1. The largest absolute Gasteiger partial charge is 0.465 e. The molecule has 3 aliphatic rings. The number of carbonyl (C=O) groups is 3. The van der Waals surface area contributed by atoms with Crippen molar-refractivity contribution in [2.45, 2.75) is 61.2 Å². The van der Waals surface area contributed by atoms with Crippen LogP contribution in [0.1, 0.15) is 32.6 Å². The lowest BCUT2D eigenvalue weighted by Gasteiger charge is -2.38. The van der Waals surface area contributed by atoms with Gasteiger partial charge in [0.1, 0.15) is 11.6 Å². The van der Waals surface area contributed by atoms with Crippen molar-refractivity contribution in [3.8, 4) is 0 Å². The minimum atomic E-state index is -1.26. The Kier molecular flexibility index (Phi) is 9.02. The van der Waals surface area contributed by atoms with E-state index in [4.69, 9.17) is 21.1 Å². The molecule has 0 aliphatic carbocycles. The van der Waals surface area contributed by atoms with Gasteiger partial charge in [0, 0.05) is 11.4 Å². The van der Waals surface area contributed by atoms with E-state index in [9.17, 15) is 19.5 Å². The van der Waals surface area contributed by atoms with Crippen LogP contribution in [0.2, 0.25) is 5.02 Å². The maximum atomic E-state index is 14.4. The number of likely N-dealkylation sites (tertiary alicyclic amines) is 1. The lowest BCUT2D eigenvalue weighted by atomic mass is 9.70. The molecule has 2 amide bonds. The number of carbonyl (C=O) groups excluding carboxylic acids is 3. The lowest BCUT2D eigenvalue weighted by molar-refractivity contribution is -0.155. The Morgan fingerprint density at radius 2 is 2.08 bits per heavy atom. The Labute approximate surface area is 236 Å². The molecule has 3 aliphatic heterocycles. The summed E-state index contributed by atoms with van der Waals surface area (Å²) in [6, 6.07) is 5.19. The third-order valence-electron chi connectivity index (χ3n) is 7.74. The summed E-state index contributed by atoms with van der Waals surface area (Å²) in [5.41, 5.74) is -0.787. The molecule has 4 rings (SSSR count). The molecule has 8 nitrogen and oxygen atoms in total. The minimum Gasteiger partial charge on any atom is -0.465 e. The Hall–Kier alpha value is -2.20. The topological polar surface area (TPSA) is 96.4 Å². The molecule has 1 aromatic rings. The molecule has 2 bridgehead atoms. The zero-order chi connectivity index (χ0) is 27.6. The van der Waals surface area contributed by atoms with E-state index in [1.54, 1.807) is 37.3 Å². The predicted molar refractivity (Wildman–Crippen MR) is 148 cm³/mol. The average molecular weight is 610 g/mol. The van der Waals surface area contributed by atoms with E-state index in [0.717, 1.165) is 12.8 Å². The standard InChI is InChI=1S/C28H34BrClN2O6/c1-4-6-7-10-14-37-27(36)21-22-25(34)32(17(3)16-33)24(28(22)15-18(29)23(21)38-28)26(35)31(13-5-2)20-12-9-8-11-19(20)30/h4-5,8-9,11-12,17-18,21-24,33H,1-2,6-7,10,13-16H2,3H3/t17-,18?,21+,22+,23+,24?,28?/m1/s1. The highest BCUT2D eigenvalue weighted by atomic mass is 79.9. The van der Waals surface area contributed by atoms with Crippen LogP contribution < -0.4 is 4.90 Å². The summed E-state index contributed by atoms with van der Waals surface area (Å²) in [6.07, 6.45) is 5.49. The van der Waals surface area contributed by atoms with Crippen LogP contribution >= 0.6 is 27.5 Å². The summed E-state index contributed by atoms with van der Waals surface area (Å²) in [4.78, 5) is 44.3. The van der Waals surface area contributed by atoms with Gasteiger partial charge in [-0.2, -0.15) is 0 Å². The molecule has 3 unspecified atom stereocenters. The maximum absolute atomic E-state index is 14.4. The zero-order valence-electron chi connectivity index (χ0n) is 21.4. The summed E-state index contributed by atoms with van der Waals surface area (Å²) >= 11 is 10.1. The number of unbranched alkanes of at least 4 members (excludes halogenated alkanes) is 2. The van der Waals surface area contributed by atoms with Gasteiger partial charge in [0.15, 0.2) is 0 Å². The number of allylic oxidation sites excluding steroid dienone is 1. The molecule has 7 atom stereocenters. The van der Waals surface area contributed by atoms with Gasteiger partial charge >= 0.3 is 5.97 Å². The van der Waals surface area contributed by atoms with Gasteiger partial charge in [-0.05, 0) is 44.7 Å². The number of esters is 1. The number of rotatable bonds is 12. The van der Waals surface area contributed by atoms with E-state index in [0.29, 0.717) is 23.6 Å². The Balaban J connectivity index is 1.71. The molecular weight excluding hydrogens is 576 g/mol. The lowest BCUT2D eigenvalue weighted by Crippen LogP contribution is -2.58. The number of aliphatic hydroxyl groups is 1. The highest BCUT2D eigenvalue weighted by Gasteiger charge is 2.77. The summed E-state index contributed by atoms with van der Waals surface area (Å²) in [7, 11) is 0. The fourth-order valence-electron chi connectivity index (χ4n) is 6.09. The highest BCUT2D eigenvalue weighted by molar-refractivity contribution is 9.09. The third-order valence-corrected chi connectivity index (χ3v) is 8.90. The number of hydrogen-bond acceptors (Lipinski definition) is 6. The molecule has 1 N–H and O–H groups in total. The van der Waals surface area contributed by atoms with E-state index in [-0.39, 0.29) is 24.6 Å². The molecule has 3 fully saturated rings. The van der Waals surface area contributed by atoms with Crippen molar-refractivity contribution < 1.29 is 29.0 Å². The van der Waals surface area contributed by atoms with Crippen LogP contribution in [0, 0.1) is 11.8 Å². The Morgan fingerprint density at radius 1 is 1.34 bits per heavy atom. The number of nitrogens with zero attached hydrogens (tertiary/aromatic N) is 2. The number of ether oxygens (including phenoxy) is 2. The normalized spacial score (nSPS) is 30.2. The first-order valence-corrected chi connectivity index (χ1v) is 14.2. The number of anilines is 1. The number of alkyl halides is 1. The molecule has 1 aromatic carbocycles. The quantitative estimate of drug-likeness (QED) is 0.167. The molecule has 3 heterocycles. The fourth-order valence-corrected chi connectivity index (χ4v) is 7.27. The molecule has 0 aromatic heterocycles. The number of fused-ring (bicyclic) bond motifs is 1. The van der Waals surface area contributed by atoms with Gasteiger partial charge in [-0.25, -0.2) is 0 Å². The van der Waals surface area contributed by atoms with E-state index in [2.05, 4.69) is 29.1 Å². The monoisotopic (exact) mass is 608 g/mol. The van der Waals surface area contributed by atoms with Gasteiger partial charge in [-0.3, -0.25) is 14.4 Å². The molecule has 0 radical (unpaired) electrons. The number of amides is 2. The summed E-state index contributed by atoms with van der Waals surface area (Å²) < 4.78 is 12.1. The van der Waals surface area contributed by atoms with Crippen LogP contribution in [0.5, 0.6) is 0 Å². The van der Waals surface area contributed by atoms with E-state index >= 15 is 0 Å². The van der Waals surface area contributed by atoms with Gasteiger partial charge in [0.05, 0.1) is 47.9 Å². The number of benzene rings is 1. The Bertz CT molecular complexity index is 1100. The van der Waals surface area contributed by atoms with E-state index in [1.165, 1.54) is 9.80 Å². The molecule has 10 heteroatoms. The number of halogens is 2. The van der Waals surface area contributed by atoms with Crippen LogP contribution in [0.3, 0.4) is 0 Å². The predicted octanol–water partition coefficient (Wildman–Crippen LogP) is 3.89. The van der Waals surface area contributed by atoms with Crippen LogP contribution in [0.25, 0.3) is 0 Å². The van der Waals surface area contributed by atoms with Crippen molar-refractivity contribution in [2.75, 3.05) is 24.7 Å². The Morgan fingerprint density at radius 3 is 2.74 bits per heavy atom. The van der Waals surface area contributed by atoms with Crippen molar-refractivity contribution in [1.82, 2.24) is 4.90 Å². The zero-order valence-corrected chi connectivity index (χ0v) is 23.8. The molecule has 1 spiro atoms. The molecular formula is C28H34BrClN2O6. The number of para-hydroxylation sites is 1. The van der Waals surface area contributed by atoms with Gasteiger partial charge in [0.25, 0.3) is 5.91 Å². The summed E-state index contributed by atoms with van der Waals surface area (Å²) in [5, 5.41) is 10.4.